The van der Waals surface area contributed by atoms with Crippen molar-refractivity contribution < 1.29 is 22.4 Å². The Balaban J connectivity index is 0.000000212. The van der Waals surface area contributed by atoms with Gasteiger partial charge in [-0.2, -0.15) is 18.3 Å². The first-order chi connectivity index (χ1) is 18.6. The minimum absolute atomic E-state index is 0.00287. The summed E-state index contributed by atoms with van der Waals surface area (Å²) in [5, 5.41) is 4.07. The number of amides is 1. The van der Waals surface area contributed by atoms with Gasteiger partial charge in [0.15, 0.2) is 5.82 Å². The number of hydrogen-bond acceptors (Lipinski definition) is 4. The van der Waals surface area contributed by atoms with E-state index in [1.165, 1.54) is 61.4 Å². The molecule has 1 saturated heterocycles. The minimum Gasteiger partial charge on any atom is -0.295 e. The molecule has 0 bridgehead atoms. The molecular formula is C29H32F4N4O2. The third kappa shape index (κ3) is 7.10. The fourth-order valence-corrected chi connectivity index (χ4v) is 5.26. The largest absolute Gasteiger partial charge is 0.418 e. The van der Waals surface area contributed by atoms with Crippen LogP contribution in [0, 0.1) is 12.7 Å². The van der Waals surface area contributed by atoms with E-state index in [9.17, 15) is 27.2 Å². The maximum Gasteiger partial charge on any atom is 0.418 e. The van der Waals surface area contributed by atoms with Crippen LogP contribution in [0.2, 0.25) is 0 Å². The number of nitrogens with zero attached hydrogens (tertiary/aromatic N) is 4. The lowest BCUT2D eigenvalue weighted by Gasteiger charge is -2.25. The van der Waals surface area contributed by atoms with Gasteiger partial charge in [0.05, 0.1) is 17.8 Å². The first kappa shape index (κ1) is 28.4. The number of rotatable bonds is 4. The van der Waals surface area contributed by atoms with Crippen molar-refractivity contribution in [1.82, 2.24) is 14.8 Å². The molecule has 0 radical (unpaired) electrons. The number of carbonyl (C=O) groups is 1. The number of anilines is 1. The average molecular weight is 545 g/mol. The Morgan fingerprint density at radius 2 is 1.72 bits per heavy atom. The number of halogens is 4. The molecule has 3 heterocycles. The van der Waals surface area contributed by atoms with Gasteiger partial charge >= 0.3 is 6.18 Å². The Bertz CT molecular complexity index is 1330. The summed E-state index contributed by atoms with van der Waals surface area (Å²) in [7, 11) is 0. The van der Waals surface area contributed by atoms with Gasteiger partial charge in [-0.3, -0.25) is 19.5 Å². The average Bonchev–Trinajstić information content (AvgIpc) is 2.91. The lowest BCUT2D eigenvalue weighted by Crippen LogP contribution is -2.37. The summed E-state index contributed by atoms with van der Waals surface area (Å²) in [5.74, 6) is 0.619. The molecule has 1 amide bonds. The van der Waals surface area contributed by atoms with Gasteiger partial charge in [0, 0.05) is 25.2 Å². The fourth-order valence-electron chi connectivity index (χ4n) is 5.26. The van der Waals surface area contributed by atoms with Crippen LogP contribution in [0.3, 0.4) is 0 Å². The van der Waals surface area contributed by atoms with Crippen LogP contribution in [0.1, 0.15) is 79.7 Å². The summed E-state index contributed by atoms with van der Waals surface area (Å²) in [6.07, 6.45) is 4.83. The summed E-state index contributed by atoms with van der Waals surface area (Å²) in [6.45, 7) is 2.07. The molecule has 1 aliphatic carbocycles. The first-order valence-electron chi connectivity index (χ1n) is 13.3. The van der Waals surface area contributed by atoms with Crippen molar-refractivity contribution in [2.24, 2.45) is 0 Å². The second-order valence-corrected chi connectivity index (χ2v) is 9.99. The first-order valence-corrected chi connectivity index (χ1v) is 13.3. The van der Waals surface area contributed by atoms with Crippen LogP contribution in [-0.2, 0) is 17.5 Å². The predicted octanol–water partition coefficient (Wildman–Crippen LogP) is 6.40. The molecule has 2 fully saturated rings. The third-order valence-corrected chi connectivity index (χ3v) is 7.23. The van der Waals surface area contributed by atoms with Crippen molar-refractivity contribution in [3.8, 4) is 0 Å². The number of carbonyl (C=O) groups excluding carboxylic acids is 1. The Morgan fingerprint density at radius 1 is 0.949 bits per heavy atom. The topological polar surface area (TPSA) is 68.1 Å². The zero-order chi connectivity index (χ0) is 28.0. The van der Waals surface area contributed by atoms with E-state index in [1.54, 1.807) is 12.1 Å². The van der Waals surface area contributed by atoms with Crippen molar-refractivity contribution in [1.29, 1.82) is 0 Å². The number of alkyl halides is 3. The van der Waals surface area contributed by atoms with Gasteiger partial charge in [0.2, 0.25) is 5.91 Å². The highest BCUT2D eigenvalue weighted by molar-refractivity contribution is 5.92. The fraction of sp³-hybridized carbons (Fsp3) is 0.448. The van der Waals surface area contributed by atoms with Crippen LogP contribution in [0.15, 0.2) is 53.5 Å². The van der Waals surface area contributed by atoms with Gasteiger partial charge in [0.25, 0.3) is 5.56 Å². The Morgan fingerprint density at radius 3 is 2.41 bits per heavy atom. The number of hydrogen-bond donors (Lipinski definition) is 0. The van der Waals surface area contributed by atoms with Crippen LogP contribution in [0.5, 0.6) is 0 Å². The maximum absolute atomic E-state index is 13.6. The Hall–Kier alpha value is -3.56. The van der Waals surface area contributed by atoms with Crippen molar-refractivity contribution in [2.45, 2.75) is 76.9 Å². The monoisotopic (exact) mass is 544 g/mol. The molecule has 6 nitrogen and oxygen atoms in total. The smallest absolute Gasteiger partial charge is 0.295 e. The number of benzene rings is 1. The molecule has 1 saturated carbocycles. The van der Waals surface area contributed by atoms with E-state index in [2.05, 4.69) is 10.1 Å². The summed E-state index contributed by atoms with van der Waals surface area (Å²) in [5.41, 5.74) is 0.325. The number of aromatic nitrogens is 3. The molecular weight excluding hydrogens is 512 g/mol. The molecule has 0 atom stereocenters. The standard InChI is InChI=1S/C16H15F3N4O2.C13H17F/c17-16(18,19)11-4-3-8-20-12(11)10-23-15(25)7-6-13(21-23)22-9-2-1-5-14(22)24;1-10-6-5-9-12(14)13(10)11-7-3-2-4-8-11/h3-4,6-8H,1-2,5,9-10H2;5-6,9,11H,2-4,7-8H2,1H3. The highest BCUT2D eigenvalue weighted by atomic mass is 19.4. The van der Waals surface area contributed by atoms with Gasteiger partial charge in [-0.05, 0) is 73.9 Å². The molecule has 0 unspecified atom stereocenters. The SMILES string of the molecule is Cc1cccc(F)c1C1CCCCC1.O=C1CCCCN1c1ccc(=O)n(Cc2ncccc2C(F)(F)F)n1. The second-order valence-electron chi connectivity index (χ2n) is 9.99. The number of aryl methyl sites for hydroxylation is 1. The zero-order valence-corrected chi connectivity index (χ0v) is 21.9. The van der Waals surface area contributed by atoms with E-state index < -0.39 is 23.8 Å². The molecule has 3 aromatic rings. The van der Waals surface area contributed by atoms with Gasteiger partial charge < -0.3 is 0 Å². The molecule has 39 heavy (non-hydrogen) atoms. The van der Waals surface area contributed by atoms with Crippen LogP contribution in [0.25, 0.3) is 0 Å². The normalized spacial score (nSPS) is 16.5. The van der Waals surface area contributed by atoms with Crippen molar-refractivity contribution in [3.63, 3.8) is 0 Å². The van der Waals surface area contributed by atoms with E-state index in [1.807, 2.05) is 13.0 Å². The van der Waals surface area contributed by atoms with Crippen molar-refractivity contribution in [2.75, 3.05) is 11.4 Å². The molecule has 2 aromatic heterocycles. The van der Waals surface area contributed by atoms with Gasteiger partial charge in [-0.25, -0.2) is 9.07 Å². The lowest BCUT2D eigenvalue weighted by molar-refractivity contribution is -0.138. The van der Waals surface area contributed by atoms with Gasteiger partial charge in [0.1, 0.15) is 5.82 Å². The van der Waals surface area contributed by atoms with Crippen LogP contribution in [-0.4, -0.2) is 27.2 Å². The molecule has 0 N–H and O–H groups in total. The third-order valence-electron chi connectivity index (χ3n) is 7.23. The maximum atomic E-state index is 13.6. The molecule has 10 heteroatoms. The molecule has 5 rings (SSSR count). The summed E-state index contributed by atoms with van der Waals surface area (Å²) in [6, 6.07) is 10.1. The highest BCUT2D eigenvalue weighted by Gasteiger charge is 2.34. The second kappa shape index (κ2) is 12.5. The summed E-state index contributed by atoms with van der Waals surface area (Å²) < 4.78 is 53.7. The molecule has 1 aliphatic heterocycles. The molecule has 208 valence electrons. The number of piperidine rings is 1. The van der Waals surface area contributed by atoms with E-state index in [0.29, 0.717) is 18.9 Å². The predicted molar refractivity (Wildman–Crippen MR) is 140 cm³/mol. The van der Waals surface area contributed by atoms with E-state index >= 15 is 0 Å². The summed E-state index contributed by atoms with van der Waals surface area (Å²) in [4.78, 5) is 29.1. The molecule has 1 aromatic carbocycles. The Kier molecular flexibility index (Phi) is 9.14. The highest BCUT2D eigenvalue weighted by Crippen LogP contribution is 2.35. The van der Waals surface area contributed by atoms with Crippen LogP contribution < -0.4 is 10.5 Å². The van der Waals surface area contributed by atoms with Gasteiger partial charge in [-0.1, -0.05) is 31.4 Å². The van der Waals surface area contributed by atoms with Crippen molar-refractivity contribution in [3.05, 3.63) is 87.2 Å². The van der Waals surface area contributed by atoms with Crippen LogP contribution in [0.4, 0.5) is 23.4 Å². The quantitative estimate of drug-likeness (QED) is 0.356. The van der Waals surface area contributed by atoms with Gasteiger partial charge in [-0.15, -0.1) is 0 Å². The Labute approximate surface area is 224 Å². The van der Waals surface area contributed by atoms with E-state index in [-0.39, 0.29) is 23.2 Å². The van der Waals surface area contributed by atoms with E-state index in [0.717, 1.165) is 34.7 Å². The molecule has 0 spiro atoms. The molecule has 2 aliphatic rings. The van der Waals surface area contributed by atoms with Crippen molar-refractivity contribution >= 4 is 11.7 Å². The minimum atomic E-state index is -4.58. The van der Waals surface area contributed by atoms with E-state index in [4.69, 9.17) is 0 Å². The summed E-state index contributed by atoms with van der Waals surface area (Å²) >= 11 is 0. The number of pyridine rings is 1. The van der Waals surface area contributed by atoms with Crippen LogP contribution >= 0.6 is 0 Å². The zero-order valence-electron chi connectivity index (χ0n) is 21.9. The lowest BCUT2D eigenvalue weighted by atomic mass is 9.82.